The first-order chi connectivity index (χ1) is 12.7. The summed E-state index contributed by atoms with van der Waals surface area (Å²) in [7, 11) is 0. The molecule has 6 heteroatoms. The van der Waals surface area contributed by atoms with Crippen molar-refractivity contribution in [2.75, 3.05) is 6.73 Å². The van der Waals surface area contributed by atoms with Crippen LogP contribution in [0.5, 0.6) is 0 Å². The van der Waals surface area contributed by atoms with E-state index >= 15 is 0 Å². The lowest BCUT2D eigenvalue weighted by Crippen LogP contribution is -2.42. The summed E-state index contributed by atoms with van der Waals surface area (Å²) < 4.78 is 0. The Labute approximate surface area is 158 Å². The number of hydrogen-bond donors (Lipinski definition) is 0. The summed E-state index contributed by atoms with van der Waals surface area (Å²) in [5.41, 5.74) is 0.831. The van der Waals surface area contributed by atoms with Crippen LogP contribution >= 0.6 is 0 Å². The number of imide groups is 1. The molecule has 6 nitrogen and oxygen atoms in total. The average Bonchev–Trinajstić information content (AvgIpc) is 2.60. The third-order valence-corrected chi connectivity index (χ3v) is 4.50. The summed E-state index contributed by atoms with van der Waals surface area (Å²) in [6.45, 7) is 7.39. The molecule has 0 spiro atoms. The Hall–Kier alpha value is -2.73. The summed E-state index contributed by atoms with van der Waals surface area (Å²) in [5, 5.41) is 1.47. The standard InChI is InChI=1S/C21H23NO5/c1-13(11-21(2,3)4)20(25)27-26-12-22-18(23)15-9-5-7-14-8-6-10-16(17(14)15)19(22)24/h5-10,13H,11-12H2,1-4H3. The molecular weight excluding hydrogens is 346 g/mol. The fraction of sp³-hybridized carbons (Fsp3) is 0.381. The van der Waals surface area contributed by atoms with Crippen LogP contribution in [0, 0.1) is 11.3 Å². The molecule has 3 rings (SSSR count). The van der Waals surface area contributed by atoms with Gasteiger partial charge in [0.1, 0.15) is 0 Å². The molecule has 27 heavy (non-hydrogen) atoms. The topological polar surface area (TPSA) is 72.9 Å². The third-order valence-electron chi connectivity index (χ3n) is 4.50. The number of nitrogens with zero attached hydrogens (tertiary/aromatic N) is 1. The summed E-state index contributed by atoms with van der Waals surface area (Å²) in [6, 6.07) is 10.6. The number of rotatable bonds is 5. The van der Waals surface area contributed by atoms with Gasteiger partial charge in [0.2, 0.25) is 0 Å². The van der Waals surface area contributed by atoms with Gasteiger partial charge in [0.15, 0.2) is 6.73 Å². The van der Waals surface area contributed by atoms with E-state index in [9.17, 15) is 14.4 Å². The zero-order chi connectivity index (χ0) is 19.8. The summed E-state index contributed by atoms with van der Waals surface area (Å²) in [6.07, 6.45) is 0.631. The lowest BCUT2D eigenvalue weighted by molar-refractivity contribution is -0.287. The minimum Gasteiger partial charge on any atom is -0.296 e. The van der Waals surface area contributed by atoms with E-state index < -0.39 is 24.5 Å². The minimum absolute atomic E-state index is 0.0281. The average molecular weight is 369 g/mol. The van der Waals surface area contributed by atoms with Gasteiger partial charge in [-0.2, -0.15) is 4.89 Å². The second-order valence-corrected chi connectivity index (χ2v) is 8.06. The number of carbonyl (C=O) groups is 3. The van der Waals surface area contributed by atoms with Crippen molar-refractivity contribution >= 4 is 28.6 Å². The van der Waals surface area contributed by atoms with E-state index in [0.29, 0.717) is 22.9 Å². The molecule has 0 saturated carbocycles. The van der Waals surface area contributed by atoms with E-state index in [-0.39, 0.29) is 11.3 Å². The highest BCUT2D eigenvalue weighted by Gasteiger charge is 2.33. The van der Waals surface area contributed by atoms with E-state index in [1.54, 1.807) is 31.2 Å². The summed E-state index contributed by atoms with van der Waals surface area (Å²) >= 11 is 0. The van der Waals surface area contributed by atoms with Crippen molar-refractivity contribution in [3.05, 3.63) is 47.5 Å². The van der Waals surface area contributed by atoms with Crippen LogP contribution in [0.25, 0.3) is 10.8 Å². The summed E-state index contributed by atoms with van der Waals surface area (Å²) in [5.74, 6) is -1.82. The van der Waals surface area contributed by atoms with Gasteiger partial charge in [-0.3, -0.25) is 14.5 Å². The maximum atomic E-state index is 12.7. The Morgan fingerprint density at radius 1 is 1.04 bits per heavy atom. The number of carbonyl (C=O) groups excluding carboxylic acids is 3. The van der Waals surface area contributed by atoms with Crippen LogP contribution in [0.4, 0.5) is 0 Å². The molecule has 142 valence electrons. The predicted octanol–water partition coefficient (Wildman–Crippen LogP) is 3.94. The second kappa shape index (κ2) is 7.12. The highest BCUT2D eigenvalue weighted by Crippen LogP contribution is 2.30. The molecule has 2 aromatic rings. The molecule has 0 aromatic heterocycles. The molecule has 0 radical (unpaired) electrons. The number of amides is 2. The van der Waals surface area contributed by atoms with E-state index in [2.05, 4.69) is 0 Å². The number of benzene rings is 2. The Morgan fingerprint density at radius 2 is 1.59 bits per heavy atom. The molecule has 0 N–H and O–H groups in total. The molecule has 0 aliphatic carbocycles. The van der Waals surface area contributed by atoms with Crippen molar-refractivity contribution in [3.8, 4) is 0 Å². The Bertz CT molecular complexity index is 862. The molecule has 0 saturated heterocycles. The highest BCUT2D eigenvalue weighted by molar-refractivity contribution is 6.25. The Balaban J connectivity index is 1.70. The molecule has 1 atom stereocenters. The zero-order valence-electron chi connectivity index (χ0n) is 15.9. The highest BCUT2D eigenvalue weighted by atomic mass is 17.2. The van der Waals surface area contributed by atoms with Crippen LogP contribution in [0.2, 0.25) is 0 Å². The van der Waals surface area contributed by atoms with Crippen LogP contribution in [-0.2, 0) is 14.6 Å². The van der Waals surface area contributed by atoms with Crippen LogP contribution < -0.4 is 0 Å². The first-order valence-corrected chi connectivity index (χ1v) is 8.90. The van der Waals surface area contributed by atoms with Crippen molar-refractivity contribution in [2.45, 2.75) is 34.1 Å². The van der Waals surface area contributed by atoms with Gasteiger partial charge in [-0.25, -0.2) is 9.69 Å². The van der Waals surface area contributed by atoms with Gasteiger partial charge in [-0.1, -0.05) is 52.0 Å². The maximum Gasteiger partial charge on any atom is 0.345 e. The Kier molecular flexibility index (Phi) is 5.02. The molecule has 1 heterocycles. The lowest BCUT2D eigenvalue weighted by Gasteiger charge is -2.26. The van der Waals surface area contributed by atoms with Crippen LogP contribution in [-0.4, -0.2) is 29.4 Å². The van der Waals surface area contributed by atoms with Gasteiger partial charge in [0.25, 0.3) is 11.8 Å². The van der Waals surface area contributed by atoms with Gasteiger partial charge >= 0.3 is 5.97 Å². The monoisotopic (exact) mass is 369 g/mol. The largest absolute Gasteiger partial charge is 0.345 e. The maximum absolute atomic E-state index is 12.7. The van der Waals surface area contributed by atoms with Gasteiger partial charge < -0.3 is 0 Å². The van der Waals surface area contributed by atoms with Crippen molar-refractivity contribution < 1.29 is 24.2 Å². The molecule has 1 aliphatic rings. The van der Waals surface area contributed by atoms with Gasteiger partial charge in [0, 0.05) is 16.5 Å². The molecule has 0 fully saturated rings. The molecular formula is C21H23NO5. The first-order valence-electron chi connectivity index (χ1n) is 8.90. The van der Waals surface area contributed by atoms with E-state index in [1.165, 1.54) is 0 Å². The SMILES string of the molecule is CC(CC(C)(C)C)C(=O)OOCN1C(=O)c2cccc3cccc(c23)C1=O. The van der Waals surface area contributed by atoms with Crippen molar-refractivity contribution in [1.29, 1.82) is 0 Å². The fourth-order valence-electron chi connectivity index (χ4n) is 3.42. The van der Waals surface area contributed by atoms with Crippen molar-refractivity contribution in [1.82, 2.24) is 4.90 Å². The summed E-state index contributed by atoms with van der Waals surface area (Å²) in [4.78, 5) is 48.2. The van der Waals surface area contributed by atoms with E-state index in [4.69, 9.17) is 9.78 Å². The van der Waals surface area contributed by atoms with Crippen molar-refractivity contribution in [3.63, 3.8) is 0 Å². The molecule has 2 aromatic carbocycles. The fourth-order valence-corrected chi connectivity index (χ4v) is 3.42. The lowest BCUT2D eigenvalue weighted by atomic mass is 9.85. The van der Waals surface area contributed by atoms with Gasteiger partial charge in [-0.15, -0.1) is 0 Å². The van der Waals surface area contributed by atoms with E-state index in [1.807, 2.05) is 32.9 Å². The minimum atomic E-state index is -0.524. The van der Waals surface area contributed by atoms with Crippen molar-refractivity contribution in [2.24, 2.45) is 11.3 Å². The van der Waals surface area contributed by atoms with Gasteiger partial charge in [-0.05, 0) is 29.4 Å². The van der Waals surface area contributed by atoms with E-state index in [0.717, 1.165) is 10.3 Å². The number of hydrogen-bond acceptors (Lipinski definition) is 5. The third kappa shape index (κ3) is 3.85. The van der Waals surface area contributed by atoms with Crippen LogP contribution in [0.1, 0.15) is 54.8 Å². The normalized spacial score (nSPS) is 15.2. The molecule has 0 bridgehead atoms. The molecule has 1 unspecified atom stereocenters. The quantitative estimate of drug-likeness (QED) is 0.453. The second-order valence-electron chi connectivity index (χ2n) is 8.06. The van der Waals surface area contributed by atoms with Crippen LogP contribution in [0.3, 0.4) is 0 Å². The van der Waals surface area contributed by atoms with Gasteiger partial charge in [0.05, 0.1) is 5.92 Å². The zero-order valence-corrected chi connectivity index (χ0v) is 15.9. The van der Waals surface area contributed by atoms with Crippen LogP contribution in [0.15, 0.2) is 36.4 Å². The smallest absolute Gasteiger partial charge is 0.296 e. The Morgan fingerprint density at radius 3 is 2.11 bits per heavy atom. The first kappa shape index (κ1) is 19.0. The molecule has 2 amide bonds. The molecule has 1 aliphatic heterocycles. The predicted molar refractivity (Wildman–Crippen MR) is 99.7 cm³/mol.